The second-order valence-corrected chi connectivity index (χ2v) is 10.2. The third-order valence-electron chi connectivity index (χ3n) is 4.91. The normalized spacial score (nSPS) is 11.4. The van der Waals surface area contributed by atoms with Crippen LogP contribution in [-0.2, 0) is 6.42 Å². The van der Waals surface area contributed by atoms with Gasteiger partial charge in [-0.3, -0.25) is 9.20 Å². The highest BCUT2D eigenvalue weighted by Crippen LogP contribution is 2.40. The van der Waals surface area contributed by atoms with Crippen LogP contribution in [0.5, 0.6) is 0 Å². The van der Waals surface area contributed by atoms with Gasteiger partial charge in [-0.25, -0.2) is 4.98 Å². The minimum Gasteiger partial charge on any atom is -0.298 e. The molecule has 0 radical (unpaired) electrons. The molecule has 5 aromatic rings. The molecule has 0 unspecified atom stereocenters. The lowest BCUT2D eigenvalue weighted by Gasteiger charge is -2.02. The van der Waals surface area contributed by atoms with Gasteiger partial charge in [0.1, 0.15) is 16.0 Å². The number of pyridine rings is 1. The van der Waals surface area contributed by atoms with Crippen molar-refractivity contribution in [1.29, 1.82) is 0 Å². The van der Waals surface area contributed by atoms with E-state index in [0.717, 1.165) is 37.5 Å². The summed E-state index contributed by atoms with van der Waals surface area (Å²) in [5.41, 5.74) is 4.70. The van der Waals surface area contributed by atoms with E-state index in [1.54, 1.807) is 23.1 Å². The molecule has 3 nitrogen and oxygen atoms in total. The number of aryl methyl sites for hydroxylation is 1. The molecular formula is C24H17BrN2OS2. The number of thiophene rings is 1. The zero-order valence-electron chi connectivity index (χ0n) is 15.9. The minimum absolute atomic E-state index is 0.0239. The molecule has 0 fully saturated rings. The van der Waals surface area contributed by atoms with Gasteiger partial charge in [-0.1, -0.05) is 52.3 Å². The molecule has 0 saturated carbocycles. The number of halogens is 1. The monoisotopic (exact) mass is 492 g/mol. The summed E-state index contributed by atoms with van der Waals surface area (Å²) in [4.78, 5) is 18.8. The molecule has 6 heteroatoms. The minimum atomic E-state index is 0.0239. The van der Waals surface area contributed by atoms with Crippen LogP contribution in [0, 0.1) is 0 Å². The van der Waals surface area contributed by atoms with Gasteiger partial charge < -0.3 is 0 Å². The van der Waals surface area contributed by atoms with Crippen LogP contribution in [0.15, 0.2) is 87.7 Å². The number of ketones is 1. The van der Waals surface area contributed by atoms with E-state index in [2.05, 4.69) is 44.6 Å². The first-order chi connectivity index (χ1) is 14.7. The first kappa shape index (κ1) is 19.5. The number of hydrogen-bond acceptors (Lipinski definition) is 4. The Hall–Kier alpha value is -2.41. The van der Waals surface area contributed by atoms with E-state index in [1.807, 2.05) is 54.7 Å². The van der Waals surface area contributed by atoms with Crippen molar-refractivity contribution in [2.75, 3.05) is 5.75 Å². The number of fused-ring (bicyclic) bond motifs is 3. The molecular weight excluding hydrogens is 476 g/mol. The third kappa shape index (κ3) is 3.71. The summed E-state index contributed by atoms with van der Waals surface area (Å²) in [6.45, 7) is 0. The third-order valence-corrected chi connectivity index (χ3v) is 7.87. The molecule has 0 aliphatic carbocycles. The SMILES string of the molecule is O=C(c1ccc(Br)cc1)c1sc(SCCc2ccccc2)c2c1nc1ccccn12. The molecule has 148 valence electrons. The fourth-order valence-electron chi connectivity index (χ4n) is 3.43. The van der Waals surface area contributed by atoms with Crippen LogP contribution in [0.25, 0.3) is 16.7 Å². The van der Waals surface area contributed by atoms with Crippen molar-refractivity contribution in [3.63, 3.8) is 0 Å². The van der Waals surface area contributed by atoms with Gasteiger partial charge in [-0.15, -0.1) is 23.1 Å². The van der Waals surface area contributed by atoms with Gasteiger partial charge in [-0.2, -0.15) is 0 Å². The Morgan fingerprint density at radius 1 is 1.00 bits per heavy atom. The van der Waals surface area contributed by atoms with E-state index in [-0.39, 0.29) is 5.78 Å². The van der Waals surface area contributed by atoms with Crippen molar-refractivity contribution in [2.45, 2.75) is 10.6 Å². The molecule has 30 heavy (non-hydrogen) atoms. The van der Waals surface area contributed by atoms with Crippen LogP contribution in [0.1, 0.15) is 20.8 Å². The smallest absolute Gasteiger partial charge is 0.205 e. The summed E-state index contributed by atoms with van der Waals surface area (Å²) < 4.78 is 4.19. The second kappa shape index (κ2) is 8.38. The van der Waals surface area contributed by atoms with E-state index < -0.39 is 0 Å². The van der Waals surface area contributed by atoms with Crippen molar-refractivity contribution in [3.05, 3.63) is 99.5 Å². The maximum atomic E-state index is 13.3. The molecule has 0 N–H and O–H groups in total. The van der Waals surface area contributed by atoms with Gasteiger partial charge in [0.2, 0.25) is 5.78 Å². The first-order valence-corrected chi connectivity index (χ1v) is 12.2. The highest BCUT2D eigenvalue weighted by Gasteiger charge is 2.23. The highest BCUT2D eigenvalue weighted by atomic mass is 79.9. The van der Waals surface area contributed by atoms with Crippen molar-refractivity contribution in [1.82, 2.24) is 9.38 Å². The number of thioether (sulfide) groups is 1. The van der Waals surface area contributed by atoms with Gasteiger partial charge in [0.15, 0.2) is 0 Å². The summed E-state index contributed by atoms with van der Waals surface area (Å²) in [7, 11) is 0. The van der Waals surface area contributed by atoms with Gasteiger partial charge in [0.25, 0.3) is 0 Å². The van der Waals surface area contributed by atoms with Crippen LogP contribution in [0.2, 0.25) is 0 Å². The maximum absolute atomic E-state index is 13.3. The zero-order chi connectivity index (χ0) is 20.5. The molecule has 0 aliphatic heterocycles. The molecule has 3 aromatic heterocycles. The van der Waals surface area contributed by atoms with Gasteiger partial charge in [-0.05, 0) is 48.4 Å². The van der Waals surface area contributed by atoms with Crippen LogP contribution >= 0.6 is 39.0 Å². The molecule has 0 bridgehead atoms. The van der Waals surface area contributed by atoms with Gasteiger partial charge >= 0.3 is 0 Å². The average molecular weight is 493 g/mol. The van der Waals surface area contributed by atoms with Crippen LogP contribution in [0.3, 0.4) is 0 Å². The van der Waals surface area contributed by atoms with E-state index in [4.69, 9.17) is 4.98 Å². The number of hydrogen-bond donors (Lipinski definition) is 0. The lowest BCUT2D eigenvalue weighted by Crippen LogP contribution is -1.98. The molecule has 0 saturated heterocycles. The fourth-order valence-corrected chi connectivity index (χ4v) is 6.21. The number of aromatic nitrogens is 2. The van der Waals surface area contributed by atoms with Gasteiger partial charge in [0, 0.05) is 22.0 Å². The predicted octanol–water partition coefficient (Wildman–Crippen LogP) is 6.88. The lowest BCUT2D eigenvalue weighted by molar-refractivity contribution is 0.104. The van der Waals surface area contributed by atoms with Gasteiger partial charge in [0.05, 0.1) is 9.73 Å². The summed E-state index contributed by atoms with van der Waals surface area (Å²) in [5.74, 6) is 0.974. The summed E-state index contributed by atoms with van der Waals surface area (Å²) in [6.07, 6.45) is 3.00. The Morgan fingerprint density at radius 2 is 1.77 bits per heavy atom. The number of carbonyl (C=O) groups is 1. The van der Waals surface area contributed by atoms with Crippen molar-refractivity contribution < 1.29 is 4.79 Å². The number of rotatable bonds is 6. The quantitative estimate of drug-likeness (QED) is 0.191. The Kier molecular flexibility index (Phi) is 5.46. The number of benzene rings is 2. The predicted molar refractivity (Wildman–Crippen MR) is 129 cm³/mol. The standard InChI is InChI=1S/C24H17BrN2OS2/c25-18-11-9-17(10-12-18)22(28)23-20-21(27-14-5-4-8-19(27)26-20)24(30-23)29-15-13-16-6-2-1-3-7-16/h1-12,14H,13,15H2. The highest BCUT2D eigenvalue weighted by molar-refractivity contribution is 9.10. The zero-order valence-corrected chi connectivity index (χ0v) is 19.1. The van der Waals surface area contributed by atoms with Crippen LogP contribution in [-0.4, -0.2) is 20.9 Å². The number of nitrogens with zero attached hydrogens (tertiary/aromatic N) is 2. The molecule has 0 aliphatic rings. The molecule has 0 atom stereocenters. The molecule has 0 spiro atoms. The molecule has 5 rings (SSSR count). The Labute approximate surface area is 190 Å². The van der Waals surface area contributed by atoms with Crippen molar-refractivity contribution in [3.8, 4) is 0 Å². The fraction of sp³-hybridized carbons (Fsp3) is 0.0833. The summed E-state index contributed by atoms with van der Waals surface area (Å²) in [5, 5.41) is 0. The maximum Gasteiger partial charge on any atom is 0.205 e. The van der Waals surface area contributed by atoms with E-state index in [9.17, 15) is 4.79 Å². The largest absolute Gasteiger partial charge is 0.298 e. The summed E-state index contributed by atoms with van der Waals surface area (Å²) in [6, 6.07) is 24.0. The van der Waals surface area contributed by atoms with Crippen LogP contribution in [0.4, 0.5) is 0 Å². The summed E-state index contributed by atoms with van der Waals surface area (Å²) >= 11 is 6.79. The molecule has 0 amide bonds. The molecule has 3 heterocycles. The van der Waals surface area contributed by atoms with E-state index >= 15 is 0 Å². The lowest BCUT2D eigenvalue weighted by atomic mass is 10.1. The first-order valence-electron chi connectivity index (χ1n) is 9.57. The van der Waals surface area contributed by atoms with E-state index in [1.165, 1.54) is 5.56 Å². The number of carbonyl (C=O) groups excluding carboxylic acids is 1. The molecule has 2 aromatic carbocycles. The van der Waals surface area contributed by atoms with Crippen molar-refractivity contribution >= 4 is 61.5 Å². The topological polar surface area (TPSA) is 34.4 Å². The average Bonchev–Trinajstić information content (AvgIpc) is 3.32. The van der Waals surface area contributed by atoms with Crippen LogP contribution < -0.4 is 0 Å². The van der Waals surface area contributed by atoms with E-state index in [0.29, 0.717) is 10.4 Å². The Balaban J connectivity index is 1.54. The van der Waals surface area contributed by atoms with Crippen molar-refractivity contribution in [2.24, 2.45) is 0 Å². The Morgan fingerprint density at radius 3 is 2.57 bits per heavy atom. The second-order valence-electron chi connectivity index (χ2n) is 6.88. The Bertz CT molecular complexity index is 1340. The number of imidazole rings is 1.